The molecule has 4 rings (SSSR count). The van der Waals surface area contributed by atoms with E-state index < -0.39 is 0 Å². The van der Waals surface area contributed by atoms with E-state index in [0.29, 0.717) is 23.1 Å². The van der Waals surface area contributed by atoms with Crippen LogP contribution in [0.2, 0.25) is 0 Å². The van der Waals surface area contributed by atoms with E-state index in [0.717, 1.165) is 16.3 Å². The quantitative estimate of drug-likeness (QED) is 0.504. The first kappa shape index (κ1) is 17.2. The summed E-state index contributed by atoms with van der Waals surface area (Å²) in [5.41, 5.74) is 0. The lowest BCUT2D eigenvalue weighted by atomic mass is 10.1. The average Bonchev–Trinajstić information content (AvgIpc) is 3.42. The smallest absolute Gasteiger partial charge is 0.230 e. The van der Waals surface area contributed by atoms with Crippen LogP contribution in [0.15, 0.2) is 40.3 Å². The molecule has 26 heavy (non-hydrogen) atoms. The summed E-state index contributed by atoms with van der Waals surface area (Å²) in [4.78, 5) is 9.09. The van der Waals surface area contributed by atoms with E-state index in [-0.39, 0.29) is 18.5 Å². The van der Waals surface area contributed by atoms with Gasteiger partial charge in [0.05, 0.1) is 23.8 Å². The van der Waals surface area contributed by atoms with E-state index in [1.807, 2.05) is 24.4 Å². The number of thiophene rings is 1. The van der Waals surface area contributed by atoms with E-state index in [1.165, 1.54) is 15.9 Å². The van der Waals surface area contributed by atoms with Crippen molar-refractivity contribution in [1.29, 1.82) is 0 Å². The number of aromatic hydroxyl groups is 1. The molecule has 0 amide bonds. The molecular weight excluding hydrogens is 372 g/mol. The van der Waals surface area contributed by atoms with Crippen molar-refractivity contribution in [3.8, 4) is 17.5 Å². The van der Waals surface area contributed by atoms with Crippen molar-refractivity contribution in [2.24, 2.45) is 0 Å². The zero-order valence-corrected chi connectivity index (χ0v) is 15.7. The average molecular weight is 390 g/mol. The van der Waals surface area contributed by atoms with Gasteiger partial charge in [0.15, 0.2) is 5.76 Å². The molecule has 2 N–H and O–H groups in total. The molecule has 0 aliphatic carbocycles. The monoisotopic (exact) mass is 390 g/mol. The zero-order chi connectivity index (χ0) is 18.1. The molecule has 1 unspecified atom stereocenters. The second kappa shape index (κ2) is 7.20. The predicted octanol–water partition coefficient (Wildman–Crippen LogP) is 3.22. The molecule has 0 aromatic carbocycles. The van der Waals surface area contributed by atoms with Crippen LogP contribution in [0.1, 0.15) is 22.7 Å². The molecule has 4 aromatic rings. The van der Waals surface area contributed by atoms with Gasteiger partial charge in [0, 0.05) is 11.4 Å². The molecule has 4 aromatic heterocycles. The third-order valence-corrected chi connectivity index (χ3v) is 6.16. The minimum Gasteiger partial charge on any atom is -0.492 e. The minimum absolute atomic E-state index is 0.0554. The number of thiazole rings is 1. The number of hydrogen-bond donors (Lipinski definition) is 2. The molecule has 0 spiro atoms. The second-order valence-corrected chi connectivity index (χ2v) is 7.66. The van der Waals surface area contributed by atoms with Crippen molar-refractivity contribution < 1.29 is 14.6 Å². The number of furan rings is 1. The maximum absolute atomic E-state index is 10.8. The van der Waals surface area contributed by atoms with Crippen molar-refractivity contribution in [3.63, 3.8) is 0 Å². The summed E-state index contributed by atoms with van der Waals surface area (Å²) >= 11 is 3.02. The molecule has 1 atom stereocenters. The van der Waals surface area contributed by atoms with Gasteiger partial charge in [-0.3, -0.25) is 4.90 Å². The molecular formula is C17H18N4O3S2. The molecule has 0 saturated heterocycles. The van der Waals surface area contributed by atoms with E-state index >= 15 is 0 Å². The standard InChI is InChI=1S/C17H18N4O3S2/c1-2-20(7-8-22)13(12-6-4-10-25-12)14-16(23)21-17(26-14)18-15(19-21)11-5-3-9-24-11/h3-6,9-10,13,22-23H,2,7-8H2,1H3. The van der Waals surface area contributed by atoms with Gasteiger partial charge in [0.2, 0.25) is 16.7 Å². The number of fused-ring (bicyclic) bond motifs is 1. The maximum atomic E-state index is 10.8. The lowest BCUT2D eigenvalue weighted by Crippen LogP contribution is -2.31. The zero-order valence-electron chi connectivity index (χ0n) is 14.1. The highest BCUT2D eigenvalue weighted by Crippen LogP contribution is 2.41. The Morgan fingerprint density at radius 2 is 2.23 bits per heavy atom. The van der Waals surface area contributed by atoms with E-state index in [1.54, 1.807) is 29.7 Å². The molecule has 4 heterocycles. The highest BCUT2D eigenvalue weighted by molar-refractivity contribution is 7.17. The number of likely N-dealkylation sites (N-methyl/N-ethyl adjacent to an activating group) is 1. The Bertz CT molecular complexity index is 976. The lowest BCUT2D eigenvalue weighted by Gasteiger charge is -2.28. The van der Waals surface area contributed by atoms with Crippen LogP contribution in [-0.4, -0.2) is 49.4 Å². The highest BCUT2D eigenvalue weighted by Gasteiger charge is 2.29. The molecule has 0 aliphatic heterocycles. The first-order valence-corrected chi connectivity index (χ1v) is 9.93. The van der Waals surface area contributed by atoms with Crippen molar-refractivity contribution in [3.05, 3.63) is 45.7 Å². The fraction of sp³-hybridized carbons (Fsp3) is 0.294. The molecule has 7 nitrogen and oxygen atoms in total. The van der Waals surface area contributed by atoms with Crippen molar-refractivity contribution >= 4 is 27.6 Å². The maximum Gasteiger partial charge on any atom is 0.230 e. The summed E-state index contributed by atoms with van der Waals surface area (Å²) in [5, 5.41) is 26.7. The number of rotatable bonds is 7. The van der Waals surface area contributed by atoms with Crippen molar-refractivity contribution in [2.45, 2.75) is 13.0 Å². The molecule has 136 valence electrons. The summed E-state index contributed by atoms with van der Waals surface area (Å²) in [6.07, 6.45) is 1.57. The number of nitrogens with zero attached hydrogens (tertiary/aromatic N) is 4. The third kappa shape index (κ3) is 2.92. The van der Waals surface area contributed by atoms with Gasteiger partial charge in [0.1, 0.15) is 0 Å². The number of aromatic nitrogens is 3. The van der Waals surface area contributed by atoms with Crippen LogP contribution in [0.3, 0.4) is 0 Å². The van der Waals surface area contributed by atoms with E-state index in [2.05, 4.69) is 15.0 Å². The van der Waals surface area contributed by atoms with Crippen LogP contribution in [-0.2, 0) is 0 Å². The normalized spacial score (nSPS) is 13.0. The second-order valence-electron chi connectivity index (χ2n) is 5.67. The Morgan fingerprint density at radius 3 is 2.85 bits per heavy atom. The van der Waals surface area contributed by atoms with Crippen LogP contribution in [0.5, 0.6) is 5.88 Å². The van der Waals surface area contributed by atoms with Gasteiger partial charge >= 0.3 is 0 Å². The lowest BCUT2D eigenvalue weighted by molar-refractivity contribution is 0.175. The number of aliphatic hydroxyl groups excluding tert-OH is 1. The molecule has 0 saturated carbocycles. The Morgan fingerprint density at radius 1 is 1.35 bits per heavy atom. The summed E-state index contributed by atoms with van der Waals surface area (Å²) < 4.78 is 6.78. The summed E-state index contributed by atoms with van der Waals surface area (Å²) in [7, 11) is 0. The number of hydrogen-bond acceptors (Lipinski definition) is 8. The first-order chi connectivity index (χ1) is 12.7. The molecule has 0 bridgehead atoms. The van der Waals surface area contributed by atoms with Gasteiger partial charge in [-0.05, 0) is 30.1 Å². The van der Waals surface area contributed by atoms with Crippen LogP contribution in [0.4, 0.5) is 0 Å². The van der Waals surface area contributed by atoms with E-state index in [4.69, 9.17) is 4.42 Å². The van der Waals surface area contributed by atoms with Gasteiger partial charge in [-0.15, -0.1) is 16.4 Å². The van der Waals surface area contributed by atoms with Gasteiger partial charge in [0.25, 0.3) is 0 Å². The Labute approximate surface area is 157 Å². The van der Waals surface area contributed by atoms with E-state index in [9.17, 15) is 10.2 Å². The molecule has 9 heteroatoms. The minimum atomic E-state index is -0.146. The summed E-state index contributed by atoms with van der Waals surface area (Å²) in [6.45, 7) is 3.36. The van der Waals surface area contributed by atoms with Gasteiger partial charge in [-0.2, -0.15) is 9.50 Å². The van der Waals surface area contributed by atoms with Gasteiger partial charge < -0.3 is 14.6 Å². The van der Waals surface area contributed by atoms with Crippen molar-refractivity contribution in [1.82, 2.24) is 19.5 Å². The predicted molar refractivity (Wildman–Crippen MR) is 101 cm³/mol. The van der Waals surface area contributed by atoms with Gasteiger partial charge in [-0.25, -0.2) is 0 Å². The Kier molecular flexibility index (Phi) is 4.77. The number of aliphatic hydroxyl groups is 1. The fourth-order valence-corrected chi connectivity index (χ4v) is 5.01. The third-order valence-electron chi connectivity index (χ3n) is 4.16. The van der Waals surface area contributed by atoms with Crippen LogP contribution < -0.4 is 0 Å². The van der Waals surface area contributed by atoms with Crippen LogP contribution in [0.25, 0.3) is 16.5 Å². The Hall–Kier alpha value is -2.20. The molecule has 0 radical (unpaired) electrons. The van der Waals surface area contributed by atoms with Crippen LogP contribution in [0, 0.1) is 0 Å². The first-order valence-electron chi connectivity index (χ1n) is 8.23. The van der Waals surface area contributed by atoms with Crippen molar-refractivity contribution in [2.75, 3.05) is 19.7 Å². The molecule has 0 fully saturated rings. The Balaban J connectivity index is 1.79. The largest absolute Gasteiger partial charge is 0.492 e. The van der Waals surface area contributed by atoms with Gasteiger partial charge in [-0.1, -0.05) is 24.3 Å². The molecule has 0 aliphatic rings. The fourth-order valence-electron chi connectivity index (χ4n) is 2.96. The summed E-state index contributed by atoms with van der Waals surface area (Å²) in [6, 6.07) is 7.44. The topological polar surface area (TPSA) is 87.0 Å². The van der Waals surface area contributed by atoms with Crippen LogP contribution >= 0.6 is 22.7 Å². The SMILES string of the molecule is CCN(CCO)C(c1cccs1)c1sc2nc(-c3ccco3)nn2c1O. The highest BCUT2D eigenvalue weighted by atomic mass is 32.1. The summed E-state index contributed by atoms with van der Waals surface area (Å²) in [5.74, 6) is 1.08.